The van der Waals surface area contributed by atoms with E-state index in [0.717, 1.165) is 50.3 Å². The molecule has 0 radical (unpaired) electrons. The Kier molecular flexibility index (Phi) is 6.93. The SMILES string of the molecule is Cc1cccc(C(=O)Nc2ccc(N3CCN(CC(=O)N4CCCC4)CC3)cc2C(=O)O)c1. The van der Waals surface area contributed by atoms with Gasteiger partial charge >= 0.3 is 5.97 Å². The molecule has 2 fully saturated rings. The van der Waals surface area contributed by atoms with Gasteiger partial charge in [-0.3, -0.25) is 14.5 Å². The van der Waals surface area contributed by atoms with Crippen LogP contribution in [0.4, 0.5) is 11.4 Å². The van der Waals surface area contributed by atoms with Crippen LogP contribution in [-0.2, 0) is 4.79 Å². The number of rotatable bonds is 6. The summed E-state index contributed by atoms with van der Waals surface area (Å²) in [6.07, 6.45) is 2.18. The maximum Gasteiger partial charge on any atom is 0.337 e. The molecule has 0 spiro atoms. The molecule has 8 nitrogen and oxygen atoms in total. The number of carbonyl (C=O) groups is 3. The number of carboxylic acids is 1. The van der Waals surface area contributed by atoms with E-state index in [4.69, 9.17) is 0 Å². The van der Waals surface area contributed by atoms with Crippen LogP contribution in [0.2, 0.25) is 0 Å². The fourth-order valence-corrected chi connectivity index (χ4v) is 4.42. The molecule has 8 heteroatoms. The number of nitrogens with one attached hydrogen (secondary N) is 1. The van der Waals surface area contributed by atoms with E-state index in [1.54, 1.807) is 30.3 Å². The number of nitrogens with zero attached hydrogens (tertiary/aromatic N) is 3. The molecule has 0 atom stereocenters. The fraction of sp³-hybridized carbons (Fsp3) is 0.400. The molecule has 0 aliphatic carbocycles. The van der Waals surface area contributed by atoms with Gasteiger partial charge in [0.25, 0.3) is 5.91 Å². The number of piperazine rings is 1. The Morgan fingerprint density at radius 3 is 2.33 bits per heavy atom. The quantitative estimate of drug-likeness (QED) is 0.703. The van der Waals surface area contributed by atoms with Crippen molar-refractivity contribution >= 4 is 29.2 Å². The molecule has 174 valence electrons. The Hall–Kier alpha value is -3.39. The normalized spacial score (nSPS) is 16.6. The number of hydrogen-bond acceptors (Lipinski definition) is 5. The number of anilines is 2. The Balaban J connectivity index is 1.40. The van der Waals surface area contributed by atoms with Crippen LogP contribution >= 0.6 is 0 Å². The van der Waals surface area contributed by atoms with Crippen LogP contribution in [-0.4, -0.2) is 78.5 Å². The van der Waals surface area contributed by atoms with Crippen LogP contribution in [0, 0.1) is 6.92 Å². The molecule has 2 amide bonds. The molecule has 2 aromatic rings. The topological polar surface area (TPSA) is 93.2 Å². The van der Waals surface area contributed by atoms with Gasteiger partial charge in [0.1, 0.15) is 0 Å². The Morgan fingerprint density at radius 1 is 0.939 bits per heavy atom. The third-order valence-corrected chi connectivity index (χ3v) is 6.32. The van der Waals surface area contributed by atoms with Gasteiger partial charge in [-0.15, -0.1) is 0 Å². The molecule has 2 saturated heterocycles. The number of amides is 2. The molecular weight excluding hydrogens is 420 g/mol. The number of carbonyl (C=O) groups excluding carboxylic acids is 2. The maximum absolute atomic E-state index is 12.6. The number of aromatic carboxylic acids is 1. The molecule has 0 saturated carbocycles. The van der Waals surface area contributed by atoms with Crippen molar-refractivity contribution in [1.29, 1.82) is 0 Å². The zero-order chi connectivity index (χ0) is 23.4. The van der Waals surface area contributed by atoms with E-state index in [2.05, 4.69) is 15.1 Å². The van der Waals surface area contributed by atoms with Crippen molar-refractivity contribution in [3.63, 3.8) is 0 Å². The first-order valence-corrected chi connectivity index (χ1v) is 11.4. The predicted octanol–water partition coefficient (Wildman–Crippen LogP) is 2.69. The summed E-state index contributed by atoms with van der Waals surface area (Å²) in [5, 5.41) is 12.5. The standard InChI is InChI=1S/C25H30N4O4/c1-18-5-4-6-19(15-18)24(31)26-22-8-7-20(16-21(22)25(32)33)28-13-11-27(12-14-28)17-23(30)29-9-2-3-10-29/h4-8,15-16H,2-3,9-14,17H2,1H3,(H,26,31)(H,32,33). The van der Waals surface area contributed by atoms with Crippen LogP contribution in [0.15, 0.2) is 42.5 Å². The monoisotopic (exact) mass is 450 g/mol. The molecular formula is C25H30N4O4. The van der Waals surface area contributed by atoms with Gasteiger partial charge in [0.15, 0.2) is 0 Å². The summed E-state index contributed by atoms with van der Waals surface area (Å²) < 4.78 is 0. The van der Waals surface area contributed by atoms with Crippen LogP contribution in [0.1, 0.15) is 39.1 Å². The Labute approximate surface area is 193 Å². The van der Waals surface area contributed by atoms with Gasteiger partial charge in [-0.2, -0.15) is 0 Å². The molecule has 0 aromatic heterocycles. The second-order valence-corrected chi connectivity index (χ2v) is 8.71. The van der Waals surface area contributed by atoms with Crippen LogP contribution in [0.25, 0.3) is 0 Å². The van der Waals surface area contributed by atoms with Crippen molar-refractivity contribution < 1.29 is 19.5 Å². The number of hydrogen-bond donors (Lipinski definition) is 2. The van der Waals surface area contributed by atoms with E-state index >= 15 is 0 Å². The van der Waals surface area contributed by atoms with Crippen LogP contribution in [0.3, 0.4) is 0 Å². The molecule has 2 aliphatic heterocycles. The lowest BCUT2D eigenvalue weighted by molar-refractivity contribution is -0.131. The van der Waals surface area contributed by atoms with Crippen molar-refractivity contribution in [2.75, 3.05) is 56.0 Å². The number of likely N-dealkylation sites (tertiary alicyclic amines) is 1. The number of aryl methyl sites for hydroxylation is 1. The molecule has 2 aromatic carbocycles. The van der Waals surface area contributed by atoms with Crippen LogP contribution in [0.5, 0.6) is 0 Å². The largest absolute Gasteiger partial charge is 0.478 e. The van der Waals surface area contributed by atoms with Gasteiger partial charge in [0.05, 0.1) is 17.8 Å². The smallest absolute Gasteiger partial charge is 0.337 e. The first-order valence-electron chi connectivity index (χ1n) is 11.4. The minimum absolute atomic E-state index is 0.0557. The fourth-order valence-electron chi connectivity index (χ4n) is 4.42. The van der Waals surface area contributed by atoms with Gasteiger partial charge in [-0.05, 0) is 50.1 Å². The van der Waals surface area contributed by atoms with Gasteiger partial charge in [-0.25, -0.2) is 4.79 Å². The first-order chi connectivity index (χ1) is 15.9. The summed E-state index contributed by atoms with van der Waals surface area (Å²) in [5.74, 6) is -1.24. The molecule has 2 aliphatic rings. The predicted molar refractivity (Wildman–Crippen MR) is 127 cm³/mol. The average molecular weight is 451 g/mol. The lowest BCUT2D eigenvalue weighted by Gasteiger charge is -2.36. The van der Waals surface area contributed by atoms with Crippen LogP contribution < -0.4 is 10.2 Å². The van der Waals surface area contributed by atoms with Crippen molar-refractivity contribution in [1.82, 2.24) is 9.80 Å². The number of carboxylic acid groups (broad SMARTS) is 1. The summed E-state index contributed by atoms with van der Waals surface area (Å²) in [4.78, 5) is 43.1. The molecule has 33 heavy (non-hydrogen) atoms. The van der Waals surface area contributed by atoms with Crippen molar-refractivity contribution in [2.24, 2.45) is 0 Å². The maximum atomic E-state index is 12.6. The third kappa shape index (κ3) is 5.51. The van der Waals surface area contributed by atoms with E-state index in [0.29, 0.717) is 25.2 Å². The zero-order valence-electron chi connectivity index (χ0n) is 18.9. The second kappa shape index (κ2) is 10.0. The highest BCUT2D eigenvalue weighted by molar-refractivity contribution is 6.08. The highest BCUT2D eigenvalue weighted by Gasteiger charge is 2.24. The molecule has 4 rings (SSSR count). The highest BCUT2D eigenvalue weighted by Crippen LogP contribution is 2.25. The minimum Gasteiger partial charge on any atom is -0.478 e. The molecule has 2 heterocycles. The second-order valence-electron chi connectivity index (χ2n) is 8.71. The van der Waals surface area contributed by atoms with Crippen molar-refractivity contribution in [3.05, 3.63) is 59.2 Å². The van der Waals surface area contributed by atoms with E-state index in [-0.39, 0.29) is 23.1 Å². The Bertz CT molecular complexity index is 1040. The highest BCUT2D eigenvalue weighted by atomic mass is 16.4. The van der Waals surface area contributed by atoms with E-state index in [9.17, 15) is 19.5 Å². The lowest BCUT2D eigenvalue weighted by Crippen LogP contribution is -2.49. The summed E-state index contributed by atoms with van der Waals surface area (Å²) in [6, 6.07) is 12.3. The minimum atomic E-state index is -1.09. The van der Waals surface area contributed by atoms with Gasteiger partial charge < -0.3 is 20.2 Å². The summed E-state index contributed by atoms with van der Waals surface area (Å²) in [6.45, 7) is 6.98. The van der Waals surface area contributed by atoms with Gasteiger partial charge in [0, 0.05) is 50.5 Å². The van der Waals surface area contributed by atoms with E-state index < -0.39 is 5.97 Å². The Morgan fingerprint density at radius 2 is 1.67 bits per heavy atom. The molecule has 2 N–H and O–H groups in total. The third-order valence-electron chi connectivity index (χ3n) is 6.32. The van der Waals surface area contributed by atoms with Crippen molar-refractivity contribution in [3.8, 4) is 0 Å². The van der Waals surface area contributed by atoms with Gasteiger partial charge in [0.2, 0.25) is 5.91 Å². The summed E-state index contributed by atoms with van der Waals surface area (Å²) >= 11 is 0. The summed E-state index contributed by atoms with van der Waals surface area (Å²) in [5.41, 5.74) is 2.56. The summed E-state index contributed by atoms with van der Waals surface area (Å²) in [7, 11) is 0. The van der Waals surface area contributed by atoms with E-state index in [1.165, 1.54) is 0 Å². The molecule has 0 unspecified atom stereocenters. The van der Waals surface area contributed by atoms with Crippen molar-refractivity contribution in [2.45, 2.75) is 19.8 Å². The lowest BCUT2D eigenvalue weighted by atomic mass is 10.1. The first kappa shape index (κ1) is 22.8. The zero-order valence-corrected chi connectivity index (χ0v) is 18.9. The van der Waals surface area contributed by atoms with Gasteiger partial charge in [-0.1, -0.05) is 17.7 Å². The molecule has 0 bridgehead atoms. The average Bonchev–Trinajstić information content (AvgIpc) is 3.35. The van der Waals surface area contributed by atoms with E-state index in [1.807, 2.05) is 24.0 Å². The number of benzene rings is 2.